The number of methoxy groups -OCH3 is 1. The molecular formula is C16H18BrNO. The van der Waals surface area contributed by atoms with Gasteiger partial charge in [0.25, 0.3) is 0 Å². The molecule has 2 rings (SSSR count). The molecule has 3 heteroatoms. The summed E-state index contributed by atoms with van der Waals surface area (Å²) in [7, 11) is 1.69. The zero-order valence-electron chi connectivity index (χ0n) is 11.2. The van der Waals surface area contributed by atoms with E-state index in [0.29, 0.717) is 6.04 Å². The van der Waals surface area contributed by atoms with E-state index >= 15 is 0 Å². The highest BCUT2D eigenvalue weighted by Gasteiger charge is 2.05. The molecule has 0 aliphatic rings. The molecule has 0 aromatic heterocycles. The Morgan fingerprint density at radius 3 is 2.68 bits per heavy atom. The van der Waals surface area contributed by atoms with Crippen LogP contribution >= 0.6 is 15.9 Å². The minimum atomic E-state index is 0.309. The average molecular weight is 320 g/mol. The standard InChI is InChI=1S/C16H18BrNO/c1-12(14-6-4-7-15(17)10-14)18-11-13-5-3-8-16(9-13)19-2/h3-10,12,18H,11H2,1-2H3/t12-/m1/s1. The smallest absolute Gasteiger partial charge is 0.119 e. The van der Waals surface area contributed by atoms with E-state index in [1.165, 1.54) is 11.1 Å². The van der Waals surface area contributed by atoms with Crippen molar-refractivity contribution in [3.63, 3.8) is 0 Å². The van der Waals surface area contributed by atoms with Crippen LogP contribution in [0, 0.1) is 0 Å². The van der Waals surface area contributed by atoms with Crippen LogP contribution in [0.5, 0.6) is 5.75 Å². The van der Waals surface area contributed by atoms with Gasteiger partial charge in [-0.25, -0.2) is 0 Å². The van der Waals surface area contributed by atoms with Crippen LogP contribution in [0.3, 0.4) is 0 Å². The van der Waals surface area contributed by atoms with Crippen LogP contribution in [0.4, 0.5) is 0 Å². The number of halogens is 1. The normalized spacial score (nSPS) is 12.2. The summed E-state index contributed by atoms with van der Waals surface area (Å²) in [4.78, 5) is 0. The van der Waals surface area contributed by atoms with Gasteiger partial charge in [-0.05, 0) is 42.3 Å². The van der Waals surface area contributed by atoms with E-state index in [4.69, 9.17) is 4.74 Å². The lowest BCUT2D eigenvalue weighted by Gasteiger charge is -2.15. The fourth-order valence-electron chi connectivity index (χ4n) is 1.95. The van der Waals surface area contributed by atoms with Gasteiger partial charge in [0, 0.05) is 17.1 Å². The third-order valence-corrected chi connectivity index (χ3v) is 3.59. The summed E-state index contributed by atoms with van der Waals surface area (Å²) in [6.07, 6.45) is 0. The van der Waals surface area contributed by atoms with E-state index in [2.05, 4.69) is 58.5 Å². The number of rotatable bonds is 5. The minimum absolute atomic E-state index is 0.309. The third-order valence-electron chi connectivity index (χ3n) is 3.10. The van der Waals surface area contributed by atoms with Gasteiger partial charge < -0.3 is 10.1 Å². The summed E-state index contributed by atoms with van der Waals surface area (Å²) in [6.45, 7) is 2.99. The highest BCUT2D eigenvalue weighted by Crippen LogP contribution is 2.19. The Kier molecular flexibility index (Phi) is 5.00. The monoisotopic (exact) mass is 319 g/mol. The molecule has 1 N–H and O–H groups in total. The van der Waals surface area contributed by atoms with Gasteiger partial charge >= 0.3 is 0 Å². The molecule has 2 aromatic carbocycles. The molecule has 0 saturated carbocycles. The Morgan fingerprint density at radius 2 is 1.95 bits per heavy atom. The molecule has 0 aliphatic carbocycles. The van der Waals surface area contributed by atoms with Crippen LogP contribution in [-0.2, 0) is 6.54 Å². The van der Waals surface area contributed by atoms with Gasteiger partial charge in [0.2, 0.25) is 0 Å². The zero-order valence-corrected chi connectivity index (χ0v) is 12.8. The molecule has 0 saturated heterocycles. The molecule has 1 atom stereocenters. The quantitative estimate of drug-likeness (QED) is 0.886. The number of ether oxygens (including phenoxy) is 1. The second-order valence-corrected chi connectivity index (χ2v) is 5.42. The summed E-state index contributed by atoms with van der Waals surface area (Å²) < 4.78 is 6.34. The molecule has 0 unspecified atom stereocenters. The van der Waals surface area contributed by atoms with Gasteiger partial charge in [-0.2, -0.15) is 0 Å². The summed E-state index contributed by atoms with van der Waals surface area (Å²) >= 11 is 3.50. The fraction of sp³-hybridized carbons (Fsp3) is 0.250. The highest BCUT2D eigenvalue weighted by molar-refractivity contribution is 9.10. The second-order valence-electron chi connectivity index (χ2n) is 4.51. The largest absolute Gasteiger partial charge is 0.497 e. The molecule has 19 heavy (non-hydrogen) atoms. The van der Waals surface area contributed by atoms with Crippen LogP contribution in [0.15, 0.2) is 53.0 Å². The van der Waals surface area contributed by atoms with E-state index in [9.17, 15) is 0 Å². The Morgan fingerprint density at radius 1 is 1.16 bits per heavy atom. The van der Waals surface area contributed by atoms with Crippen molar-refractivity contribution in [1.29, 1.82) is 0 Å². The third kappa shape index (κ3) is 4.08. The molecule has 0 aliphatic heterocycles. The fourth-order valence-corrected chi connectivity index (χ4v) is 2.36. The summed E-state index contributed by atoms with van der Waals surface area (Å²) in [5.41, 5.74) is 2.50. The maximum Gasteiger partial charge on any atom is 0.119 e. The SMILES string of the molecule is COc1cccc(CN[C@H](C)c2cccc(Br)c2)c1. The first-order valence-electron chi connectivity index (χ1n) is 6.31. The van der Waals surface area contributed by atoms with Gasteiger partial charge in [-0.15, -0.1) is 0 Å². The zero-order chi connectivity index (χ0) is 13.7. The van der Waals surface area contributed by atoms with Crippen LogP contribution in [0.25, 0.3) is 0 Å². The maximum absolute atomic E-state index is 5.23. The van der Waals surface area contributed by atoms with Crippen LogP contribution in [0.2, 0.25) is 0 Å². The van der Waals surface area contributed by atoms with Crippen molar-refractivity contribution in [1.82, 2.24) is 5.32 Å². The molecule has 2 aromatic rings. The van der Waals surface area contributed by atoms with Crippen molar-refractivity contribution < 1.29 is 4.74 Å². The topological polar surface area (TPSA) is 21.3 Å². The first-order valence-corrected chi connectivity index (χ1v) is 7.10. The Hall–Kier alpha value is -1.32. The highest BCUT2D eigenvalue weighted by atomic mass is 79.9. The van der Waals surface area contributed by atoms with Crippen LogP contribution in [0.1, 0.15) is 24.1 Å². The Bertz CT molecular complexity index is 542. The van der Waals surface area contributed by atoms with E-state index in [1.807, 2.05) is 18.2 Å². The van der Waals surface area contributed by atoms with Crippen molar-refractivity contribution >= 4 is 15.9 Å². The molecule has 100 valence electrons. The molecular weight excluding hydrogens is 302 g/mol. The molecule has 0 heterocycles. The van der Waals surface area contributed by atoms with Crippen LogP contribution in [-0.4, -0.2) is 7.11 Å². The second kappa shape index (κ2) is 6.73. The van der Waals surface area contributed by atoms with Crippen molar-refractivity contribution in [2.24, 2.45) is 0 Å². The van der Waals surface area contributed by atoms with Gasteiger partial charge in [0.15, 0.2) is 0 Å². The summed E-state index contributed by atoms with van der Waals surface area (Å²) in [5, 5.41) is 3.52. The van der Waals surface area contributed by atoms with E-state index in [1.54, 1.807) is 7.11 Å². The number of nitrogens with one attached hydrogen (secondary N) is 1. The lowest BCUT2D eigenvalue weighted by molar-refractivity contribution is 0.414. The van der Waals surface area contributed by atoms with Gasteiger partial charge in [0.05, 0.1) is 7.11 Å². The van der Waals surface area contributed by atoms with E-state index < -0.39 is 0 Å². The first kappa shape index (κ1) is 14.1. The number of benzene rings is 2. The molecule has 0 bridgehead atoms. The average Bonchev–Trinajstić information content (AvgIpc) is 2.45. The van der Waals surface area contributed by atoms with Crippen molar-refractivity contribution in [2.75, 3.05) is 7.11 Å². The molecule has 0 fully saturated rings. The Labute approximate surface area is 122 Å². The molecule has 0 spiro atoms. The molecule has 0 radical (unpaired) electrons. The van der Waals surface area contributed by atoms with Gasteiger partial charge in [-0.1, -0.05) is 40.2 Å². The molecule has 2 nitrogen and oxygen atoms in total. The van der Waals surface area contributed by atoms with Crippen molar-refractivity contribution in [3.8, 4) is 5.75 Å². The van der Waals surface area contributed by atoms with Crippen LogP contribution < -0.4 is 10.1 Å². The Balaban J connectivity index is 1.98. The minimum Gasteiger partial charge on any atom is -0.497 e. The lowest BCUT2D eigenvalue weighted by atomic mass is 10.1. The predicted octanol–water partition coefficient (Wildman–Crippen LogP) is 4.31. The maximum atomic E-state index is 5.23. The van der Waals surface area contributed by atoms with Gasteiger partial charge in [0.1, 0.15) is 5.75 Å². The van der Waals surface area contributed by atoms with Gasteiger partial charge in [-0.3, -0.25) is 0 Å². The summed E-state index contributed by atoms with van der Waals surface area (Å²) in [5.74, 6) is 0.898. The number of hydrogen-bond donors (Lipinski definition) is 1. The summed E-state index contributed by atoms with van der Waals surface area (Å²) in [6, 6.07) is 16.8. The van der Waals surface area contributed by atoms with Crippen molar-refractivity contribution in [2.45, 2.75) is 19.5 Å². The van der Waals surface area contributed by atoms with Crippen molar-refractivity contribution in [3.05, 3.63) is 64.1 Å². The first-order chi connectivity index (χ1) is 9.19. The van der Waals surface area contributed by atoms with E-state index in [0.717, 1.165) is 16.8 Å². The molecule has 0 amide bonds. The van der Waals surface area contributed by atoms with E-state index in [-0.39, 0.29) is 0 Å². The number of hydrogen-bond acceptors (Lipinski definition) is 2. The predicted molar refractivity (Wildman–Crippen MR) is 82.4 cm³/mol. The lowest BCUT2D eigenvalue weighted by Crippen LogP contribution is -2.18.